The van der Waals surface area contributed by atoms with Gasteiger partial charge in [0.1, 0.15) is 0 Å². The zero-order chi connectivity index (χ0) is 15.9. The van der Waals surface area contributed by atoms with Crippen molar-refractivity contribution in [2.24, 2.45) is 0 Å². The van der Waals surface area contributed by atoms with Crippen LogP contribution in [0.1, 0.15) is 24.8 Å². The van der Waals surface area contributed by atoms with Crippen LogP contribution in [0.3, 0.4) is 0 Å². The molecule has 1 aromatic carbocycles. The van der Waals surface area contributed by atoms with E-state index < -0.39 is 24.6 Å². The van der Waals surface area contributed by atoms with E-state index in [4.69, 9.17) is 4.74 Å². The van der Waals surface area contributed by atoms with Crippen molar-refractivity contribution in [1.82, 2.24) is 4.90 Å². The van der Waals surface area contributed by atoms with E-state index >= 15 is 0 Å². The van der Waals surface area contributed by atoms with Crippen molar-refractivity contribution in [2.75, 3.05) is 26.7 Å². The fourth-order valence-corrected chi connectivity index (χ4v) is 2.21. The number of benzene rings is 1. The molecule has 21 heavy (non-hydrogen) atoms. The lowest BCUT2D eigenvalue weighted by Crippen LogP contribution is -2.39. The average molecular weight is 303 g/mol. The van der Waals surface area contributed by atoms with E-state index in [0.717, 1.165) is 0 Å². The first-order valence-electron chi connectivity index (χ1n) is 6.79. The summed E-state index contributed by atoms with van der Waals surface area (Å²) in [5, 5.41) is 0. The molecule has 0 bridgehead atoms. The molecule has 0 N–H and O–H groups in total. The predicted octanol–water partition coefficient (Wildman–Crippen LogP) is 3.22. The zero-order valence-corrected chi connectivity index (χ0v) is 12.2. The van der Waals surface area contributed by atoms with Gasteiger partial charge in [-0.1, -0.05) is 37.3 Å². The van der Waals surface area contributed by atoms with Gasteiger partial charge in [0.2, 0.25) is 0 Å². The Morgan fingerprint density at radius 1 is 1.29 bits per heavy atom. The number of halogens is 3. The Balaban J connectivity index is 2.90. The number of alkyl halides is 3. The third kappa shape index (κ3) is 6.16. The number of nitrogens with zero attached hydrogens (tertiary/aromatic N) is 1. The topological polar surface area (TPSA) is 29.5 Å². The van der Waals surface area contributed by atoms with E-state index in [0.29, 0.717) is 12.0 Å². The van der Waals surface area contributed by atoms with Gasteiger partial charge in [-0.15, -0.1) is 0 Å². The highest BCUT2D eigenvalue weighted by molar-refractivity contribution is 5.78. The normalized spacial score (nSPS) is 13.2. The Bertz CT molecular complexity index is 434. The summed E-state index contributed by atoms with van der Waals surface area (Å²) < 4.78 is 42.6. The zero-order valence-electron chi connectivity index (χ0n) is 12.2. The maximum absolute atomic E-state index is 12.6. The maximum Gasteiger partial charge on any atom is 0.401 e. The van der Waals surface area contributed by atoms with Crippen LogP contribution < -0.4 is 0 Å². The predicted molar refractivity (Wildman–Crippen MR) is 74.0 cm³/mol. The molecule has 1 aromatic rings. The molecule has 0 fully saturated rings. The van der Waals surface area contributed by atoms with E-state index in [-0.39, 0.29) is 13.1 Å². The van der Waals surface area contributed by atoms with Gasteiger partial charge in [-0.3, -0.25) is 9.69 Å². The molecule has 0 heterocycles. The molecule has 0 amide bonds. The summed E-state index contributed by atoms with van der Waals surface area (Å²) in [6, 6.07) is 8.73. The highest BCUT2D eigenvalue weighted by Gasteiger charge is 2.33. The van der Waals surface area contributed by atoms with Crippen LogP contribution in [-0.2, 0) is 9.53 Å². The molecule has 0 aliphatic heterocycles. The van der Waals surface area contributed by atoms with Gasteiger partial charge in [-0.05, 0) is 18.5 Å². The summed E-state index contributed by atoms with van der Waals surface area (Å²) in [5.41, 5.74) is 0.660. The van der Waals surface area contributed by atoms with Crippen LogP contribution in [0.5, 0.6) is 0 Å². The van der Waals surface area contributed by atoms with E-state index in [9.17, 15) is 18.0 Å². The van der Waals surface area contributed by atoms with Crippen LogP contribution in [-0.4, -0.2) is 43.8 Å². The molecule has 118 valence electrons. The summed E-state index contributed by atoms with van der Waals surface area (Å²) in [5.74, 6) is -1.24. The second-order valence-corrected chi connectivity index (χ2v) is 4.84. The maximum atomic E-state index is 12.6. The number of hydrogen-bond acceptors (Lipinski definition) is 3. The molecule has 0 aliphatic rings. The van der Waals surface area contributed by atoms with Gasteiger partial charge in [0.25, 0.3) is 0 Å². The van der Waals surface area contributed by atoms with Gasteiger partial charge in [-0.25, -0.2) is 0 Å². The molecule has 0 aromatic heterocycles. The van der Waals surface area contributed by atoms with E-state index in [1.165, 1.54) is 12.0 Å². The first kappa shape index (κ1) is 17.5. The van der Waals surface area contributed by atoms with Crippen molar-refractivity contribution in [1.29, 1.82) is 0 Å². The van der Waals surface area contributed by atoms with Gasteiger partial charge >= 0.3 is 12.1 Å². The Hall–Kier alpha value is -1.56. The van der Waals surface area contributed by atoms with Crippen LogP contribution in [0.25, 0.3) is 0 Å². The number of hydrogen-bond donors (Lipinski definition) is 0. The molecular weight excluding hydrogens is 283 g/mol. The first-order valence-corrected chi connectivity index (χ1v) is 6.79. The Labute approximate surface area is 122 Å². The third-order valence-electron chi connectivity index (χ3n) is 3.07. The van der Waals surface area contributed by atoms with Crippen LogP contribution in [0.4, 0.5) is 13.2 Å². The number of esters is 1. The highest BCUT2D eigenvalue weighted by atomic mass is 19.4. The lowest BCUT2D eigenvalue weighted by Gasteiger charge is -2.27. The highest BCUT2D eigenvalue weighted by Crippen LogP contribution is 2.22. The quantitative estimate of drug-likeness (QED) is 0.724. The fraction of sp³-hybridized carbons (Fsp3) is 0.533. The minimum absolute atomic E-state index is 0.00988. The molecule has 0 saturated carbocycles. The van der Waals surface area contributed by atoms with Crippen LogP contribution in [0.2, 0.25) is 0 Å². The molecule has 0 aliphatic carbocycles. The van der Waals surface area contributed by atoms with Gasteiger partial charge in [0, 0.05) is 6.54 Å². The van der Waals surface area contributed by atoms with E-state index in [1.54, 1.807) is 37.3 Å². The smallest absolute Gasteiger partial charge is 0.401 e. The number of carbonyl (C=O) groups is 1. The minimum Gasteiger partial charge on any atom is -0.469 e. The molecule has 3 nitrogen and oxygen atoms in total. The van der Waals surface area contributed by atoms with Crippen molar-refractivity contribution in [2.45, 2.75) is 25.4 Å². The monoisotopic (exact) mass is 303 g/mol. The Kier molecular flexibility index (Phi) is 6.68. The number of rotatable bonds is 7. The molecule has 1 unspecified atom stereocenters. The summed E-state index contributed by atoms with van der Waals surface area (Å²) in [6.07, 6.45) is -3.70. The Morgan fingerprint density at radius 3 is 2.38 bits per heavy atom. The van der Waals surface area contributed by atoms with Crippen molar-refractivity contribution >= 4 is 5.97 Å². The minimum atomic E-state index is -4.29. The number of ether oxygens (including phenoxy) is 1. The van der Waals surface area contributed by atoms with Crippen molar-refractivity contribution in [3.05, 3.63) is 35.9 Å². The molecule has 1 rings (SSSR count). The fourth-order valence-electron chi connectivity index (χ4n) is 2.21. The van der Waals surface area contributed by atoms with E-state index in [1.807, 2.05) is 0 Å². The second kappa shape index (κ2) is 8.02. The van der Waals surface area contributed by atoms with Crippen LogP contribution >= 0.6 is 0 Å². The molecular formula is C15H20F3NO2. The van der Waals surface area contributed by atoms with Gasteiger partial charge < -0.3 is 4.74 Å². The van der Waals surface area contributed by atoms with Gasteiger partial charge in [0.15, 0.2) is 0 Å². The van der Waals surface area contributed by atoms with Crippen molar-refractivity contribution in [3.8, 4) is 0 Å². The standard InChI is InChI=1S/C15H20F3NO2/c1-3-9-19(11-15(16,17)18)10-13(14(20)21-2)12-7-5-4-6-8-12/h4-8,13H,3,9-11H2,1-2H3. The lowest BCUT2D eigenvalue weighted by molar-refractivity contribution is -0.152. The molecule has 0 saturated heterocycles. The molecule has 0 spiro atoms. The number of carbonyl (C=O) groups excluding carboxylic acids is 1. The average Bonchev–Trinajstić information content (AvgIpc) is 2.43. The first-order chi connectivity index (χ1) is 9.87. The molecule has 1 atom stereocenters. The summed E-state index contributed by atoms with van der Waals surface area (Å²) >= 11 is 0. The van der Waals surface area contributed by atoms with Crippen molar-refractivity contribution in [3.63, 3.8) is 0 Å². The van der Waals surface area contributed by atoms with Crippen molar-refractivity contribution < 1.29 is 22.7 Å². The van der Waals surface area contributed by atoms with Gasteiger partial charge in [0.05, 0.1) is 19.6 Å². The SMILES string of the molecule is CCCN(CC(C(=O)OC)c1ccccc1)CC(F)(F)F. The van der Waals surface area contributed by atoms with Crippen LogP contribution in [0, 0.1) is 0 Å². The lowest BCUT2D eigenvalue weighted by atomic mass is 9.98. The summed E-state index contributed by atoms with van der Waals surface area (Å²) in [4.78, 5) is 13.1. The van der Waals surface area contributed by atoms with Crippen LogP contribution in [0.15, 0.2) is 30.3 Å². The van der Waals surface area contributed by atoms with E-state index in [2.05, 4.69) is 0 Å². The summed E-state index contributed by atoms with van der Waals surface area (Å²) in [7, 11) is 1.24. The molecule has 6 heteroatoms. The number of methoxy groups -OCH3 is 1. The second-order valence-electron chi connectivity index (χ2n) is 4.84. The molecule has 0 radical (unpaired) electrons. The largest absolute Gasteiger partial charge is 0.469 e. The van der Waals surface area contributed by atoms with Gasteiger partial charge in [-0.2, -0.15) is 13.2 Å². The Morgan fingerprint density at radius 2 is 1.90 bits per heavy atom. The summed E-state index contributed by atoms with van der Waals surface area (Å²) in [6.45, 7) is 1.05. The third-order valence-corrected chi connectivity index (χ3v) is 3.07.